The molecule has 2 aromatic rings. The van der Waals surface area contributed by atoms with Crippen molar-refractivity contribution in [3.05, 3.63) is 46.3 Å². The van der Waals surface area contributed by atoms with Crippen LogP contribution in [0.1, 0.15) is 35.7 Å². The van der Waals surface area contributed by atoms with Crippen molar-refractivity contribution in [1.29, 1.82) is 0 Å². The molecule has 2 N–H and O–H groups in total. The lowest BCUT2D eigenvalue weighted by molar-refractivity contribution is -0.138. The van der Waals surface area contributed by atoms with Gasteiger partial charge in [0.05, 0.1) is 5.56 Å². The summed E-state index contributed by atoms with van der Waals surface area (Å²) in [6.07, 6.45) is 0.834. The molecule has 4 rings (SSSR count). The number of halogens is 4. The third kappa shape index (κ3) is 5.59. The zero-order chi connectivity index (χ0) is 22.9. The van der Waals surface area contributed by atoms with Gasteiger partial charge in [-0.25, -0.2) is 4.31 Å². The van der Waals surface area contributed by atoms with Gasteiger partial charge >= 0.3 is 6.18 Å². The van der Waals surface area contributed by atoms with Crippen molar-refractivity contribution in [1.82, 2.24) is 24.4 Å². The molecule has 1 fully saturated rings. The van der Waals surface area contributed by atoms with E-state index in [1.807, 2.05) is 12.2 Å². The molecule has 1 saturated heterocycles. The van der Waals surface area contributed by atoms with Crippen molar-refractivity contribution < 1.29 is 13.2 Å². The molecule has 1 aromatic heterocycles. The molecule has 6 nitrogen and oxygen atoms in total. The van der Waals surface area contributed by atoms with E-state index in [9.17, 15) is 13.2 Å². The predicted octanol–water partition coefficient (Wildman–Crippen LogP) is 5.23. The van der Waals surface area contributed by atoms with Gasteiger partial charge in [-0.1, -0.05) is 35.7 Å². The van der Waals surface area contributed by atoms with Gasteiger partial charge in [0.1, 0.15) is 5.82 Å². The average molecular weight is 487 g/mol. The van der Waals surface area contributed by atoms with Crippen LogP contribution < -0.4 is 5.32 Å². The van der Waals surface area contributed by atoms with E-state index in [4.69, 9.17) is 11.6 Å². The van der Waals surface area contributed by atoms with Gasteiger partial charge in [0.15, 0.2) is 0 Å². The molecule has 174 valence electrons. The molecular formula is C21H26ClF3N6S. The van der Waals surface area contributed by atoms with E-state index in [0.717, 1.165) is 38.7 Å². The molecule has 2 heterocycles. The number of allylic oxidation sites excluding steroid dienone is 1. The quantitative estimate of drug-likeness (QED) is 0.446. The number of hydrogen-bond acceptors (Lipinski definition) is 6. The summed E-state index contributed by atoms with van der Waals surface area (Å²) in [6, 6.07) is 2.60. The van der Waals surface area contributed by atoms with Gasteiger partial charge < -0.3 is 10.2 Å². The maximum absolute atomic E-state index is 14.0. The second kappa shape index (κ2) is 9.62. The van der Waals surface area contributed by atoms with Gasteiger partial charge in [0.25, 0.3) is 0 Å². The number of aromatic nitrogens is 3. The van der Waals surface area contributed by atoms with Crippen LogP contribution in [0, 0.1) is 6.92 Å². The largest absolute Gasteiger partial charge is 0.416 e. The van der Waals surface area contributed by atoms with Gasteiger partial charge in [-0.15, -0.1) is 5.10 Å². The topological polar surface area (TPSA) is 60.1 Å². The van der Waals surface area contributed by atoms with Gasteiger partial charge in [0.2, 0.25) is 5.95 Å². The van der Waals surface area contributed by atoms with Crippen molar-refractivity contribution in [2.75, 3.05) is 38.5 Å². The number of aromatic amines is 1. The Labute approximate surface area is 194 Å². The molecule has 0 saturated carbocycles. The average Bonchev–Trinajstić information content (AvgIpc) is 3.14. The first-order valence-electron chi connectivity index (χ1n) is 10.5. The van der Waals surface area contributed by atoms with Gasteiger partial charge in [-0.05, 0) is 44.5 Å². The lowest BCUT2D eigenvalue weighted by Crippen LogP contribution is -2.41. The highest BCUT2D eigenvalue weighted by Gasteiger charge is 2.37. The Kier molecular flexibility index (Phi) is 7.04. The fourth-order valence-corrected chi connectivity index (χ4v) is 5.56. The second-order valence-corrected chi connectivity index (χ2v) is 9.97. The van der Waals surface area contributed by atoms with E-state index in [-0.39, 0.29) is 33.4 Å². The summed E-state index contributed by atoms with van der Waals surface area (Å²) < 4.78 is 44.2. The third-order valence-corrected chi connectivity index (χ3v) is 7.37. The maximum Gasteiger partial charge on any atom is 0.416 e. The van der Waals surface area contributed by atoms with Gasteiger partial charge in [0, 0.05) is 48.1 Å². The molecule has 1 aromatic carbocycles. The molecule has 0 bridgehead atoms. The Hall–Kier alpha value is -1.75. The van der Waals surface area contributed by atoms with Crippen LogP contribution >= 0.6 is 23.5 Å². The molecular weight excluding hydrogens is 461 g/mol. The standard InChI is InChI=1S/C21H26ClF3N6S/c1-13-26-20(29-28-13)27-15-11-17(21(23,24)25)19(18(22)12-15)14-3-5-16(6-4-14)32-31-9-7-30(2)8-10-31/h3,5,11-12,14,16H,4,6-10H2,1-2H3,(H2,26,27,28,29). The number of hydrogen-bond donors (Lipinski definition) is 2. The summed E-state index contributed by atoms with van der Waals surface area (Å²) in [4.78, 5) is 6.38. The van der Waals surface area contributed by atoms with Crippen molar-refractivity contribution in [3.8, 4) is 0 Å². The van der Waals surface area contributed by atoms with Crippen LogP contribution in [0.2, 0.25) is 5.02 Å². The summed E-state index contributed by atoms with van der Waals surface area (Å²) in [6.45, 7) is 5.77. The molecule has 0 radical (unpaired) electrons. The fraction of sp³-hybridized carbons (Fsp3) is 0.524. The summed E-state index contributed by atoms with van der Waals surface area (Å²) in [5.74, 6) is 0.381. The van der Waals surface area contributed by atoms with Crippen LogP contribution in [-0.4, -0.2) is 62.9 Å². The number of aryl methyl sites for hydroxylation is 1. The number of nitrogens with zero attached hydrogens (tertiary/aromatic N) is 4. The van der Waals surface area contributed by atoms with Crippen LogP contribution in [0.4, 0.5) is 24.8 Å². The number of rotatable bonds is 5. The van der Waals surface area contributed by atoms with E-state index >= 15 is 0 Å². The Bertz CT molecular complexity index is 971. The second-order valence-electron chi connectivity index (χ2n) is 8.23. The highest BCUT2D eigenvalue weighted by Crippen LogP contribution is 2.45. The molecule has 1 aliphatic heterocycles. The maximum atomic E-state index is 14.0. The highest BCUT2D eigenvalue weighted by molar-refractivity contribution is 7.97. The van der Waals surface area contributed by atoms with Crippen LogP contribution in [0.5, 0.6) is 0 Å². The molecule has 2 unspecified atom stereocenters. The molecule has 2 atom stereocenters. The predicted molar refractivity (Wildman–Crippen MR) is 122 cm³/mol. The Morgan fingerprint density at radius 2 is 1.91 bits per heavy atom. The van der Waals surface area contributed by atoms with Gasteiger partial charge in [-0.3, -0.25) is 5.10 Å². The van der Waals surface area contributed by atoms with Gasteiger partial charge in [-0.2, -0.15) is 18.2 Å². The van der Waals surface area contributed by atoms with Crippen LogP contribution in [0.15, 0.2) is 24.3 Å². The minimum atomic E-state index is -4.52. The molecule has 0 spiro atoms. The smallest absolute Gasteiger partial charge is 0.323 e. The number of benzene rings is 1. The summed E-state index contributed by atoms with van der Waals surface area (Å²) in [5.41, 5.74) is -0.386. The molecule has 32 heavy (non-hydrogen) atoms. The number of alkyl halides is 3. The number of nitrogens with one attached hydrogen (secondary N) is 2. The molecule has 1 aliphatic carbocycles. The first-order chi connectivity index (χ1) is 15.2. The molecule has 0 amide bonds. The fourth-order valence-electron chi connectivity index (χ4n) is 4.04. The zero-order valence-corrected chi connectivity index (χ0v) is 19.5. The van der Waals surface area contributed by atoms with E-state index in [1.165, 1.54) is 6.07 Å². The van der Waals surface area contributed by atoms with Crippen LogP contribution in [-0.2, 0) is 6.18 Å². The van der Waals surface area contributed by atoms with E-state index in [2.05, 4.69) is 36.8 Å². The normalized spacial score (nSPS) is 22.9. The number of likely N-dealkylation sites (N-methyl/N-ethyl adjacent to an activating group) is 1. The lowest BCUT2D eigenvalue weighted by Gasteiger charge is -2.34. The first-order valence-corrected chi connectivity index (χ1v) is 11.8. The van der Waals surface area contributed by atoms with Crippen LogP contribution in [0.3, 0.4) is 0 Å². The minimum absolute atomic E-state index is 0.0920. The first kappa shape index (κ1) is 23.4. The highest BCUT2D eigenvalue weighted by atomic mass is 35.5. The number of anilines is 2. The van der Waals surface area contributed by atoms with E-state index < -0.39 is 11.7 Å². The van der Waals surface area contributed by atoms with E-state index in [0.29, 0.717) is 12.2 Å². The molecule has 11 heteroatoms. The minimum Gasteiger partial charge on any atom is -0.323 e. The van der Waals surface area contributed by atoms with Crippen molar-refractivity contribution in [2.45, 2.75) is 37.1 Å². The lowest BCUT2D eigenvalue weighted by atomic mass is 9.86. The summed E-state index contributed by atoms with van der Waals surface area (Å²) in [7, 11) is 2.11. The number of H-pyrrole nitrogens is 1. The van der Waals surface area contributed by atoms with Crippen molar-refractivity contribution in [2.24, 2.45) is 0 Å². The summed E-state index contributed by atoms with van der Waals surface area (Å²) >= 11 is 8.21. The Morgan fingerprint density at radius 1 is 1.16 bits per heavy atom. The monoisotopic (exact) mass is 486 g/mol. The number of piperazine rings is 1. The SMILES string of the molecule is Cc1nc(Nc2cc(Cl)c(C3C=CC(SN4CCN(C)CC4)CC3)c(C(F)(F)F)c2)n[nH]1. The van der Waals surface area contributed by atoms with Crippen molar-refractivity contribution in [3.63, 3.8) is 0 Å². The Balaban J connectivity index is 1.52. The zero-order valence-electron chi connectivity index (χ0n) is 17.9. The third-order valence-electron chi connectivity index (χ3n) is 5.73. The van der Waals surface area contributed by atoms with Crippen LogP contribution in [0.25, 0.3) is 0 Å². The summed E-state index contributed by atoms with van der Waals surface area (Å²) in [5, 5.41) is 9.73. The van der Waals surface area contributed by atoms with E-state index in [1.54, 1.807) is 18.9 Å². The molecule has 2 aliphatic rings. The Morgan fingerprint density at radius 3 is 2.50 bits per heavy atom. The van der Waals surface area contributed by atoms with Crippen molar-refractivity contribution >= 4 is 35.2 Å².